The van der Waals surface area contributed by atoms with Crippen molar-refractivity contribution in [2.24, 2.45) is 0 Å². The first kappa shape index (κ1) is 16.7. The molecule has 0 aromatic heterocycles. The summed E-state index contributed by atoms with van der Waals surface area (Å²) >= 11 is 0. The molecule has 0 heterocycles. The Morgan fingerprint density at radius 3 is 1.94 bits per heavy atom. The molecule has 0 heteroatoms. The summed E-state index contributed by atoms with van der Waals surface area (Å²) in [5.41, 5.74) is 1.45. The maximum atomic E-state index is 2.31. The van der Waals surface area contributed by atoms with Crippen LogP contribution in [-0.2, 0) is 0 Å². The van der Waals surface area contributed by atoms with Crippen molar-refractivity contribution in [2.45, 2.75) is 53.9 Å². The molecule has 0 aliphatic heterocycles. The molecule has 0 aliphatic rings. The van der Waals surface area contributed by atoms with E-state index in [1.807, 2.05) is 27.7 Å². The monoisotopic (exact) mass is 244 g/mol. The van der Waals surface area contributed by atoms with Gasteiger partial charge in [0.25, 0.3) is 0 Å². The molecule has 2 aromatic rings. The molecule has 0 saturated heterocycles. The van der Waals surface area contributed by atoms with Gasteiger partial charge in [0.1, 0.15) is 0 Å². The van der Waals surface area contributed by atoms with Gasteiger partial charge in [0, 0.05) is 0 Å². The predicted molar refractivity (Wildman–Crippen MR) is 85.4 cm³/mol. The first-order chi connectivity index (χ1) is 8.81. The Bertz CT molecular complexity index is 429. The summed E-state index contributed by atoms with van der Waals surface area (Å²) in [7, 11) is 0. The van der Waals surface area contributed by atoms with Crippen LogP contribution in [0.3, 0.4) is 0 Å². The van der Waals surface area contributed by atoms with Crippen molar-refractivity contribution < 1.29 is 0 Å². The summed E-state index contributed by atoms with van der Waals surface area (Å²) in [6.45, 7) is 12.5. The topological polar surface area (TPSA) is 0 Å². The van der Waals surface area contributed by atoms with Gasteiger partial charge in [0.05, 0.1) is 0 Å². The highest BCUT2D eigenvalue weighted by atomic mass is 14.1. The first-order valence-electron chi connectivity index (χ1n) is 7.30. The fourth-order valence-corrected chi connectivity index (χ4v) is 1.75. The van der Waals surface area contributed by atoms with E-state index in [1.165, 1.54) is 22.8 Å². The van der Waals surface area contributed by atoms with E-state index in [2.05, 4.69) is 56.3 Å². The molecule has 0 radical (unpaired) electrons. The Hall–Kier alpha value is -1.30. The molecule has 2 aromatic carbocycles. The second-order valence-electron chi connectivity index (χ2n) is 3.92. The average molecular weight is 244 g/mol. The lowest BCUT2D eigenvalue weighted by Crippen LogP contribution is -1.90. The van der Waals surface area contributed by atoms with Crippen LogP contribution in [0.4, 0.5) is 0 Å². The highest BCUT2D eigenvalue weighted by Crippen LogP contribution is 2.23. The highest BCUT2D eigenvalue weighted by molar-refractivity contribution is 5.83. The lowest BCUT2D eigenvalue weighted by molar-refractivity contribution is 0.735. The van der Waals surface area contributed by atoms with E-state index >= 15 is 0 Å². The van der Waals surface area contributed by atoms with E-state index in [1.54, 1.807) is 0 Å². The summed E-state index contributed by atoms with van der Waals surface area (Å²) in [5.74, 6) is 0.666. The van der Waals surface area contributed by atoms with Gasteiger partial charge in [-0.25, -0.2) is 0 Å². The third kappa shape index (κ3) is 4.52. The fraction of sp³-hybridized carbons (Fsp3) is 0.444. The van der Waals surface area contributed by atoms with Gasteiger partial charge in [-0.2, -0.15) is 0 Å². The first-order valence-corrected chi connectivity index (χ1v) is 7.30. The van der Waals surface area contributed by atoms with Crippen molar-refractivity contribution in [3.63, 3.8) is 0 Å². The van der Waals surface area contributed by atoms with E-state index in [4.69, 9.17) is 0 Å². The minimum Gasteiger partial charge on any atom is -0.0683 e. The maximum absolute atomic E-state index is 2.31. The standard InChI is InChI=1S/C14H16.2C2H6/c1-3-11(2)13-9-8-12-6-4-5-7-14(12)10-13;2*1-2/h4-11H,3H2,1-2H3;2*1-2H3. The second kappa shape index (κ2) is 9.70. The van der Waals surface area contributed by atoms with Crippen LogP contribution in [0.5, 0.6) is 0 Å². The van der Waals surface area contributed by atoms with Crippen molar-refractivity contribution in [1.82, 2.24) is 0 Å². The zero-order valence-electron chi connectivity index (χ0n) is 12.8. The zero-order chi connectivity index (χ0) is 14.0. The molecule has 1 atom stereocenters. The molecular formula is C18H28. The van der Waals surface area contributed by atoms with Gasteiger partial charge < -0.3 is 0 Å². The van der Waals surface area contributed by atoms with Gasteiger partial charge in [-0.3, -0.25) is 0 Å². The number of fused-ring (bicyclic) bond motifs is 1. The average Bonchev–Trinajstić information content (AvgIpc) is 2.50. The van der Waals surface area contributed by atoms with Gasteiger partial charge in [-0.05, 0) is 28.7 Å². The van der Waals surface area contributed by atoms with Crippen molar-refractivity contribution >= 4 is 10.8 Å². The molecule has 0 saturated carbocycles. The fourth-order valence-electron chi connectivity index (χ4n) is 1.75. The third-order valence-electron chi connectivity index (χ3n) is 2.95. The molecule has 0 nitrogen and oxygen atoms in total. The minimum absolute atomic E-state index is 0.666. The molecule has 100 valence electrons. The number of rotatable bonds is 2. The summed E-state index contributed by atoms with van der Waals surface area (Å²) in [5, 5.41) is 2.69. The lowest BCUT2D eigenvalue weighted by atomic mass is 9.96. The Balaban J connectivity index is 0.000000659. The van der Waals surface area contributed by atoms with Crippen LogP contribution in [0.2, 0.25) is 0 Å². The summed E-state index contributed by atoms with van der Waals surface area (Å²) in [4.78, 5) is 0. The molecule has 0 fully saturated rings. The van der Waals surface area contributed by atoms with Gasteiger partial charge in [0.2, 0.25) is 0 Å². The van der Waals surface area contributed by atoms with Gasteiger partial charge >= 0.3 is 0 Å². The summed E-state index contributed by atoms with van der Waals surface area (Å²) in [6, 6.07) is 15.3. The molecule has 0 amide bonds. The van der Waals surface area contributed by atoms with E-state index < -0.39 is 0 Å². The Kier molecular flexibility index (Phi) is 9.00. The Morgan fingerprint density at radius 2 is 1.39 bits per heavy atom. The largest absolute Gasteiger partial charge is 0.0683 e. The molecular weight excluding hydrogens is 216 g/mol. The predicted octanol–water partition coefficient (Wildman–Crippen LogP) is 6.41. The second-order valence-corrected chi connectivity index (χ2v) is 3.92. The van der Waals surface area contributed by atoms with E-state index in [-0.39, 0.29) is 0 Å². The van der Waals surface area contributed by atoms with Crippen molar-refractivity contribution in [2.75, 3.05) is 0 Å². The normalized spacial score (nSPS) is 10.8. The van der Waals surface area contributed by atoms with Crippen LogP contribution in [0.1, 0.15) is 59.4 Å². The molecule has 1 unspecified atom stereocenters. The van der Waals surface area contributed by atoms with Crippen LogP contribution in [0.15, 0.2) is 42.5 Å². The molecule has 0 spiro atoms. The van der Waals surface area contributed by atoms with Crippen molar-refractivity contribution in [1.29, 1.82) is 0 Å². The van der Waals surface area contributed by atoms with Crippen LogP contribution < -0.4 is 0 Å². The molecule has 0 aliphatic carbocycles. The third-order valence-corrected chi connectivity index (χ3v) is 2.95. The SMILES string of the molecule is CC.CC.CCC(C)c1ccc2ccccc2c1. The smallest absolute Gasteiger partial charge is 0.0181 e. The Labute approximate surface area is 113 Å². The quantitative estimate of drug-likeness (QED) is 0.573. The minimum atomic E-state index is 0.666. The summed E-state index contributed by atoms with van der Waals surface area (Å²) < 4.78 is 0. The maximum Gasteiger partial charge on any atom is -0.0181 e. The van der Waals surface area contributed by atoms with E-state index in [0.717, 1.165) is 0 Å². The van der Waals surface area contributed by atoms with Crippen molar-refractivity contribution in [3.05, 3.63) is 48.0 Å². The zero-order valence-corrected chi connectivity index (χ0v) is 12.8. The van der Waals surface area contributed by atoms with Gasteiger partial charge in [-0.1, -0.05) is 84.0 Å². The number of hydrogen-bond acceptors (Lipinski definition) is 0. The van der Waals surface area contributed by atoms with Crippen LogP contribution in [0.25, 0.3) is 10.8 Å². The van der Waals surface area contributed by atoms with E-state index in [9.17, 15) is 0 Å². The summed E-state index contributed by atoms with van der Waals surface area (Å²) in [6.07, 6.45) is 1.21. The van der Waals surface area contributed by atoms with Gasteiger partial charge in [0.15, 0.2) is 0 Å². The highest BCUT2D eigenvalue weighted by Gasteiger charge is 2.02. The number of benzene rings is 2. The molecule has 0 N–H and O–H groups in total. The van der Waals surface area contributed by atoms with E-state index in [0.29, 0.717) is 5.92 Å². The van der Waals surface area contributed by atoms with Crippen LogP contribution in [-0.4, -0.2) is 0 Å². The molecule has 2 rings (SSSR count). The lowest BCUT2D eigenvalue weighted by Gasteiger charge is -2.09. The molecule has 0 bridgehead atoms. The van der Waals surface area contributed by atoms with Crippen molar-refractivity contribution in [3.8, 4) is 0 Å². The number of hydrogen-bond donors (Lipinski definition) is 0. The van der Waals surface area contributed by atoms with Crippen LogP contribution in [0, 0.1) is 0 Å². The van der Waals surface area contributed by atoms with Gasteiger partial charge in [-0.15, -0.1) is 0 Å². The van der Waals surface area contributed by atoms with Crippen LogP contribution >= 0.6 is 0 Å². The Morgan fingerprint density at radius 1 is 0.833 bits per heavy atom. The molecule has 18 heavy (non-hydrogen) atoms.